The van der Waals surface area contributed by atoms with Crippen LogP contribution in [-0.4, -0.2) is 32.1 Å². The third-order valence-electron chi connectivity index (χ3n) is 3.04. The van der Waals surface area contributed by atoms with Crippen LogP contribution in [0.5, 0.6) is 0 Å². The third-order valence-corrected chi connectivity index (χ3v) is 3.04. The van der Waals surface area contributed by atoms with Gasteiger partial charge in [0.2, 0.25) is 0 Å². The SMILES string of the molecule is CCC1CN(c2ccc(C=O)cc2F)CCO1. The lowest BCUT2D eigenvalue weighted by atomic mass is 10.1. The van der Waals surface area contributed by atoms with Crippen LogP contribution in [0.3, 0.4) is 0 Å². The van der Waals surface area contributed by atoms with Crippen molar-refractivity contribution in [1.82, 2.24) is 0 Å². The van der Waals surface area contributed by atoms with Crippen LogP contribution < -0.4 is 4.90 Å². The van der Waals surface area contributed by atoms with Gasteiger partial charge >= 0.3 is 0 Å². The van der Waals surface area contributed by atoms with E-state index in [1.807, 2.05) is 4.90 Å². The van der Waals surface area contributed by atoms with Crippen LogP contribution in [0.4, 0.5) is 10.1 Å². The maximum atomic E-state index is 13.8. The summed E-state index contributed by atoms with van der Waals surface area (Å²) in [5, 5.41) is 0. The number of halogens is 1. The zero-order chi connectivity index (χ0) is 12.3. The molecule has 0 aromatic heterocycles. The number of carbonyl (C=O) groups is 1. The van der Waals surface area contributed by atoms with Crippen molar-refractivity contribution in [3.63, 3.8) is 0 Å². The Morgan fingerprint density at radius 3 is 3.06 bits per heavy atom. The van der Waals surface area contributed by atoms with Crippen molar-refractivity contribution in [2.24, 2.45) is 0 Å². The Labute approximate surface area is 100 Å². The molecular formula is C13H16FNO2. The molecule has 1 fully saturated rings. The van der Waals surface area contributed by atoms with Crippen LogP contribution in [0.15, 0.2) is 18.2 Å². The number of ether oxygens (including phenoxy) is 1. The molecule has 0 amide bonds. The van der Waals surface area contributed by atoms with Gasteiger partial charge in [-0.15, -0.1) is 0 Å². The van der Waals surface area contributed by atoms with Crippen LogP contribution in [0.25, 0.3) is 0 Å². The second-order valence-electron chi connectivity index (χ2n) is 4.18. The molecule has 1 unspecified atom stereocenters. The average molecular weight is 237 g/mol. The van der Waals surface area contributed by atoms with Crippen molar-refractivity contribution in [3.8, 4) is 0 Å². The lowest BCUT2D eigenvalue weighted by Crippen LogP contribution is -2.42. The normalized spacial score (nSPS) is 20.4. The Morgan fingerprint density at radius 2 is 2.41 bits per heavy atom. The Kier molecular flexibility index (Phi) is 3.74. The maximum absolute atomic E-state index is 13.8. The van der Waals surface area contributed by atoms with Crippen molar-refractivity contribution in [2.75, 3.05) is 24.6 Å². The molecule has 4 heteroatoms. The summed E-state index contributed by atoms with van der Waals surface area (Å²) in [4.78, 5) is 12.5. The van der Waals surface area contributed by atoms with Gasteiger partial charge in [0.25, 0.3) is 0 Å². The summed E-state index contributed by atoms with van der Waals surface area (Å²) in [5.41, 5.74) is 0.920. The van der Waals surface area contributed by atoms with E-state index < -0.39 is 0 Å². The molecule has 0 bridgehead atoms. The first-order chi connectivity index (χ1) is 8.24. The first-order valence-electron chi connectivity index (χ1n) is 5.86. The monoisotopic (exact) mass is 237 g/mol. The molecule has 1 aromatic rings. The number of rotatable bonds is 3. The Bertz CT molecular complexity index is 408. The summed E-state index contributed by atoms with van der Waals surface area (Å²) >= 11 is 0. The van der Waals surface area contributed by atoms with Gasteiger partial charge in [0.1, 0.15) is 12.1 Å². The first-order valence-corrected chi connectivity index (χ1v) is 5.86. The highest BCUT2D eigenvalue weighted by Gasteiger charge is 2.21. The van der Waals surface area contributed by atoms with E-state index in [0.29, 0.717) is 37.2 Å². The zero-order valence-electron chi connectivity index (χ0n) is 9.86. The third kappa shape index (κ3) is 2.64. The summed E-state index contributed by atoms with van der Waals surface area (Å²) < 4.78 is 19.4. The van der Waals surface area contributed by atoms with Gasteiger partial charge in [-0.3, -0.25) is 4.79 Å². The lowest BCUT2D eigenvalue weighted by Gasteiger charge is -2.34. The number of benzene rings is 1. The van der Waals surface area contributed by atoms with Gasteiger partial charge in [0, 0.05) is 18.7 Å². The minimum absolute atomic E-state index is 0.161. The summed E-state index contributed by atoms with van der Waals surface area (Å²) in [6, 6.07) is 4.58. The zero-order valence-corrected chi connectivity index (χ0v) is 9.86. The second kappa shape index (κ2) is 5.27. The predicted octanol–water partition coefficient (Wildman–Crippen LogP) is 2.25. The minimum Gasteiger partial charge on any atom is -0.375 e. The van der Waals surface area contributed by atoms with Crippen molar-refractivity contribution < 1.29 is 13.9 Å². The summed E-state index contributed by atoms with van der Waals surface area (Å²) in [7, 11) is 0. The van der Waals surface area contributed by atoms with E-state index in [1.165, 1.54) is 6.07 Å². The molecular weight excluding hydrogens is 221 g/mol. The van der Waals surface area contributed by atoms with Crippen molar-refractivity contribution in [2.45, 2.75) is 19.4 Å². The van der Waals surface area contributed by atoms with E-state index in [9.17, 15) is 9.18 Å². The molecule has 2 rings (SSSR count). The fourth-order valence-electron chi connectivity index (χ4n) is 2.04. The van der Waals surface area contributed by atoms with E-state index in [-0.39, 0.29) is 11.9 Å². The predicted molar refractivity (Wildman–Crippen MR) is 64.0 cm³/mol. The van der Waals surface area contributed by atoms with Gasteiger partial charge in [0.15, 0.2) is 0 Å². The summed E-state index contributed by atoms with van der Waals surface area (Å²) in [5.74, 6) is -0.341. The molecule has 1 saturated heterocycles. The molecule has 1 aliphatic heterocycles. The Balaban J connectivity index is 2.18. The first kappa shape index (κ1) is 12.0. The molecule has 17 heavy (non-hydrogen) atoms. The highest BCUT2D eigenvalue weighted by Crippen LogP contribution is 2.23. The van der Waals surface area contributed by atoms with E-state index in [1.54, 1.807) is 12.1 Å². The molecule has 0 saturated carbocycles. The second-order valence-corrected chi connectivity index (χ2v) is 4.18. The molecule has 0 N–H and O–H groups in total. The fraction of sp³-hybridized carbons (Fsp3) is 0.462. The Hall–Kier alpha value is -1.42. The van der Waals surface area contributed by atoms with Gasteiger partial charge < -0.3 is 9.64 Å². The Morgan fingerprint density at radius 1 is 1.59 bits per heavy atom. The van der Waals surface area contributed by atoms with E-state index in [0.717, 1.165) is 6.42 Å². The van der Waals surface area contributed by atoms with Gasteiger partial charge in [-0.25, -0.2) is 4.39 Å². The standard InChI is InChI=1S/C13H16FNO2/c1-2-11-8-15(5-6-17-11)13-4-3-10(9-16)7-12(13)14/h3-4,7,9,11H,2,5-6,8H2,1H3. The maximum Gasteiger partial charge on any atom is 0.150 e. The van der Waals surface area contributed by atoms with Crippen LogP contribution >= 0.6 is 0 Å². The molecule has 1 heterocycles. The summed E-state index contributed by atoms with van der Waals surface area (Å²) in [6.45, 7) is 4.06. The topological polar surface area (TPSA) is 29.5 Å². The highest BCUT2D eigenvalue weighted by atomic mass is 19.1. The number of anilines is 1. The van der Waals surface area contributed by atoms with E-state index in [4.69, 9.17) is 4.74 Å². The van der Waals surface area contributed by atoms with Gasteiger partial charge in [-0.1, -0.05) is 6.92 Å². The number of nitrogens with zero attached hydrogens (tertiary/aromatic N) is 1. The lowest BCUT2D eigenvalue weighted by molar-refractivity contribution is 0.0382. The van der Waals surface area contributed by atoms with Gasteiger partial charge in [-0.05, 0) is 24.6 Å². The molecule has 0 radical (unpaired) electrons. The largest absolute Gasteiger partial charge is 0.375 e. The average Bonchev–Trinajstić information content (AvgIpc) is 2.38. The van der Waals surface area contributed by atoms with Crippen molar-refractivity contribution in [1.29, 1.82) is 0 Å². The molecule has 1 aromatic carbocycles. The highest BCUT2D eigenvalue weighted by molar-refractivity contribution is 5.76. The van der Waals surface area contributed by atoms with Crippen LogP contribution in [-0.2, 0) is 4.74 Å². The van der Waals surface area contributed by atoms with Crippen LogP contribution in [0.1, 0.15) is 23.7 Å². The summed E-state index contributed by atoms with van der Waals surface area (Å²) in [6.07, 6.45) is 1.74. The molecule has 1 aliphatic rings. The van der Waals surface area contributed by atoms with Gasteiger partial charge in [0.05, 0.1) is 18.4 Å². The quantitative estimate of drug-likeness (QED) is 0.755. The van der Waals surface area contributed by atoms with E-state index >= 15 is 0 Å². The molecule has 92 valence electrons. The molecule has 1 atom stereocenters. The molecule has 0 spiro atoms. The van der Waals surface area contributed by atoms with Crippen LogP contribution in [0, 0.1) is 5.82 Å². The molecule has 0 aliphatic carbocycles. The van der Waals surface area contributed by atoms with Crippen LogP contribution in [0.2, 0.25) is 0 Å². The van der Waals surface area contributed by atoms with Gasteiger partial charge in [-0.2, -0.15) is 0 Å². The fourth-order valence-corrected chi connectivity index (χ4v) is 2.04. The van der Waals surface area contributed by atoms with E-state index in [2.05, 4.69) is 6.92 Å². The number of hydrogen-bond acceptors (Lipinski definition) is 3. The number of aldehydes is 1. The number of hydrogen-bond donors (Lipinski definition) is 0. The van der Waals surface area contributed by atoms with Crippen molar-refractivity contribution >= 4 is 12.0 Å². The smallest absolute Gasteiger partial charge is 0.150 e. The molecule has 3 nitrogen and oxygen atoms in total. The number of carbonyl (C=O) groups excluding carboxylic acids is 1. The minimum atomic E-state index is -0.341. The van der Waals surface area contributed by atoms with Crippen molar-refractivity contribution in [3.05, 3.63) is 29.6 Å². The number of morpholine rings is 1.